The Balaban J connectivity index is 1.58. The van der Waals surface area contributed by atoms with Crippen LogP contribution in [0.2, 0.25) is 0 Å². The molecule has 1 aliphatic carbocycles. The van der Waals surface area contributed by atoms with Gasteiger partial charge in [-0.05, 0) is 69.3 Å². The normalized spacial score (nSPS) is 27.5. The summed E-state index contributed by atoms with van der Waals surface area (Å²) in [5.74, 6) is 1.000. The lowest BCUT2D eigenvalue weighted by molar-refractivity contribution is 0.108. The zero-order chi connectivity index (χ0) is 14.7. The summed E-state index contributed by atoms with van der Waals surface area (Å²) in [5.41, 5.74) is 1.40. The van der Waals surface area contributed by atoms with E-state index in [1.54, 1.807) is 0 Å². The van der Waals surface area contributed by atoms with Gasteiger partial charge in [0.2, 0.25) is 0 Å². The van der Waals surface area contributed by atoms with E-state index in [1.807, 2.05) is 0 Å². The standard InChI is InChI=1S/C18H27BrN2/c1-20-17(14-7-9-16(19)10-8-14)11-13-21-12-3-5-15-4-2-6-18(15)21/h7-10,15,17-18,20H,2-6,11-13H2,1H3. The lowest BCUT2D eigenvalue weighted by atomic mass is 9.91. The fourth-order valence-electron chi connectivity index (χ4n) is 4.30. The van der Waals surface area contributed by atoms with Crippen molar-refractivity contribution in [3.8, 4) is 0 Å². The number of nitrogens with zero attached hydrogens (tertiary/aromatic N) is 1. The summed E-state index contributed by atoms with van der Waals surface area (Å²) < 4.78 is 1.16. The fraction of sp³-hybridized carbons (Fsp3) is 0.667. The molecular formula is C18H27BrN2. The molecule has 1 saturated heterocycles. The van der Waals surface area contributed by atoms with Crippen molar-refractivity contribution < 1.29 is 0 Å². The van der Waals surface area contributed by atoms with Crippen molar-refractivity contribution in [1.82, 2.24) is 10.2 Å². The summed E-state index contributed by atoms with van der Waals surface area (Å²) in [6.07, 6.45) is 8.46. The molecule has 116 valence electrons. The average Bonchev–Trinajstić information content (AvgIpc) is 2.99. The Kier molecular flexibility index (Phi) is 5.36. The van der Waals surface area contributed by atoms with E-state index in [4.69, 9.17) is 0 Å². The quantitative estimate of drug-likeness (QED) is 0.848. The number of nitrogens with one attached hydrogen (secondary N) is 1. The summed E-state index contributed by atoms with van der Waals surface area (Å²) >= 11 is 3.52. The third kappa shape index (κ3) is 3.69. The van der Waals surface area contributed by atoms with Crippen molar-refractivity contribution in [3.05, 3.63) is 34.3 Å². The van der Waals surface area contributed by atoms with E-state index >= 15 is 0 Å². The van der Waals surface area contributed by atoms with Crippen LogP contribution in [0.1, 0.15) is 50.1 Å². The average molecular weight is 351 g/mol. The molecule has 3 atom stereocenters. The van der Waals surface area contributed by atoms with Crippen molar-refractivity contribution in [3.63, 3.8) is 0 Å². The monoisotopic (exact) mass is 350 g/mol. The first kappa shape index (κ1) is 15.5. The smallest absolute Gasteiger partial charge is 0.0329 e. The molecule has 2 aliphatic rings. The van der Waals surface area contributed by atoms with E-state index in [9.17, 15) is 0 Å². The molecular weight excluding hydrogens is 324 g/mol. The minimum Gasteiger partial charge on any atom is -0.313 e. The Hall–Kier alpha value is -0.380. The predicted octanol–water partition coefficient (Wildman–Crippen LogP) is 4.36. The molecule has 21 heavy (non-hydrogen) atoms. The maximum Gasteiger partial charge on any atom is 0.0329 e. The van der Waals surface area contributed by atoms with Crippen LogP contribution in [-0.2, 0) is 0 Å². The highest BCUT2D eigenvalue weighted by atomic mass is 79.9. The fourth-order valence-corrected chi connectivity index (χ4v) is 4.57. The van der Waals surface area contributed by atoms with Gasteiger partial charge in [0.15, 0.2) is 0 Å². The molecule has 0 bridgehead atoms. The van der Waals surface area contributed by atoms with Gasteiger partial charge >= 0.3 is 0 Å². The molecule has 0 aromatic heterocycles. The molecule has 3 heteroatoms. The van der Waals surface area contributed by atoms with Gasteiger partial charge < -0.3 is 10.2 Å². The second-order valence-electron chi connectivity index (χ2n) is 6.62. The van der Waals surface area contributed by atoms with E-state index in [0.717, 1.165) is 16.4 Å². The zero-order valence-corrected chi connectivity index (χ0v) is 14.6. The molecule has 3 unspecified atom stereocenters. The van der Waals surface area contributed by atoms with Gasteiger partial charge in [0.05, 0.1) is 0 Å². The SMILES string of the molecule is CNC(CCN1CCCC2CCCC21)c1ccc(Br)cc1. The minimum absolute atomic E-state index is 0.472. The van der Waals surface area contributed by atoms with Crippen LogP contribution in [0.15, 0.2) is 28.7 Å². The molecule has 3 rings (SSSR count). The largest absolute Gasteiger partial charge is 0.313 e. The van der Waals surface area contributed by atoms with Gasteiger partial charge in [-0.25, -0.2) is 0 Å². The van der Waals surface area contributed by atoms with Gasteiger partial charge in [-0.2, -0.15) is 0 Å². The van der Waals surface area contributed by atoms with E-state index in [2.05, 4.69) is 57.5 Å². The Morgan fingerprint density at radius 3 is 2.71 bits per heavy atom. The van der Waals surface area contributed by atoms with Gasteiger partial charge in [0, 0.05) is 23.1 Å². The number of likely N-dealkylation sites (tertiary alicyclic amines) is 1. The molecule has 1 aromatic carbocycles. The minimum atomic E-state index is 0.472. The molecule has 1 aromatic rings. The van der Waals surface area contributed by atoms with Gasteiger partial charge in [0.1, 0.15) is 0 Å². The van der Waals surface area contributed by atoms with Crippen molar-refractivity contribution in [2.75, 3.05) is 20.1 Å². The summed E-state index contributed by atoms with van der Waals surface area (Å²) in [7, 11) is 2.08. The molecule has 1 N–H and O–H groups in total. The molecule has 2 fully saturated rings. The molecule has 2 nitrogen and oxygen atoms in total. The predicted molar refractivity (Wildman–Crippen MR) is 92.5 cm³/mol. The van der Waals surface area contributed by atoms with Gasteiger partial charge in [-0.15, -0.1) is 0 Å². The van der Waals surface area contributed by atoms with Crippen LogP contribution in [0, 0.1) is 5.92 Å². The highest BCUT2D eigenvalue weighted by Crippen LogP contribution is 2.37. The zero-order valence-electron chi connectivity index (χ0n) is 13.0. The number of halogens is 1. The van der Waals surface area contributed by atoms with Crippen molar-refractivity contribution in [1.29, 1.82) is 0 Å². The number of fused-ring (bicyclic) bond motifs is 1. The van der Waals surface area contributed by atoms with Crippen LogP contribution in [0.3, 0.4) is 0 Å². The molecule has 1 heterocycles. The molecule has 1 saturated carbocycles. The summed E-state index contributed by atoms with van der Waals surface area (Å²) in [6, 6.07) is 10.1. The first-order valence-electron chi connectivity index (χ1n) is 8.44. The van der Waals surface area contributed by atoms with Crippen LogP contribution in [0.25, 0.3) is 0 Å². The highest BCUT2D eigenvalue weighted by molar-refractivity contribution is 9.10. The lowest BCUT2D eigenvalue weighted by Gasteiger charge is -2.38. The van der Waals surface area contributed by atoms with Gasteiger partial charge in [-0.3, -0.25) is 0 Å². The Bertz CT molecular complexity index is 445. The molecule has 0 radical (unpaired) electrons. The Morgan fingerprint density at radius 1 is 1.19 bits per heavy atom. The summed E-state index contributed by atoms with van der Waals surface area (Å²) in [5, 5.41) is 3.50. The maximum absolute atomic E-state index is 3.52. The van der Waals surface area contributed by atoms with Crippen LogP contribution in [0.5, 0.6) is 0 Å². The van der Waals surface area contributed by atoms with Gasteiger partial charge in [-0.1, -0.05) is 34.5 Å². The second-order valence-corrected chi connectivity index (χ2v) is 7.53. The van der Waals surface area contributed by atoms with Gasteiger partial charge in [0.25, 0.3) is 0 Å². The summed E-state index contributed by atoms with van der Waals surface area (Å²) in [6.45, 7) is 2.56. The lowest BCUT2D eigenvalue weighted by Crippen LogP contribution is -2.43. The second kappa shape index (κ2) is 7.26. The van der Waals surface area contributed by atoms with Crippen LogP contribution in [0.4, 0.5) is 0 Å². The third-order valence-electron chi connectivity index (χ3n) is 5.43. The Labute approximate surface area is 137 Å². The van der Waals surface area contributed by atoms with Crippen molar-refractivity contribution in [2.24, 2.45) is 5.92 Å². The van der Waals surface area contributed by atoms with E-state index in [-0.39, 0.29) is 0 Å². The van der Waals surface area contributed by atoms with Crippen LogP contribution < -0.4 is 5.32 Å². The topological polar surface area (TPSA) is 15.3 Å². The highest BCUT2D eigenvalue weighted by Gasteiger charge is 2.34. The van der Waals surface area contributed by atoms with E-state index in [0.29, 0.717) is 6.04 Å². The van der Waals surface area contributed by atoms with E-state index in [1.165, 1.54) is 57.2 Å². The summed E-state index contributed by atoms with van der Waals surface area (Å²) in [4.78, 5) is 2.78. The number of rotatable bonds is 5. The number of hydrogen-bond donors (Lipinski definition) is 1. The maximum atomic E-state index is 3.52. The third-order valence-corrected chi connectivity index (χ3v) is 5.96. The van der Waals surface area contributed by atoms with Crippen molar-refractivity contribution >= 4 is 15.9 Å². The molecule has 0 amide bonds. The Morgan fingerprint density at radius 2 is 1.95 bits per heavy atom. The van der Waals surface area contributed by atoms with Crippen molar-refractivity contribution in [2.45, 2.75) is 50.6 Å². The van der Waals surface area contributed by atoms with Crippen LogP contribution in [-0.4, -0.2) is 31.1 Å². The first-order chi connectivity index (χ1) is 10.3. The number of piperidine rings is 1. The van der Waals surface area contributed by atoms with E-state index < -0.39 is 0 Å². The van der Waals surface area contributed by atoms with Crippen LogP contribution >= 0.6 is 15.9 Å². The number of benzene rings is 1. The molecule has 0 spiro atoms. The molecule has 1 aliphatic heterocycles. The first-order valence-corrected chi connectivity index (χ1v) is 9.24. The number of hydrogen-bond acceptors (Lipinski definition) is 2.